The standard InChI is InChI=1S/C11H13N/c12-11(8-4-5-9-11)10-6-2-1-3-7-10/h1-7H,8-9,12H2. The summed E-state index contributed by atoms with van der Waals surface area (Å²) in [6.07, 6.45) is 6.26. The van der Waals surface area contributed by atoms with E-state index in [1.807, 2.05) is 18.2 Å². The first-order valence-electron chi connectivity index (χ1n) is 4.31. The summed E-state index contributed by atoms with van der Waals surface area (Å²) < 4.78 is 0. The number of nitrogens with two attached hydrogens (primary N) is 1. The maximum atomic E-state index is 6.22. The van der Waals surface area contributed by atoms with Gasteiger partial charge in [-0.1, -0.05) is 42.5 Å². The van der Waals surface area contributed by atoms with Crippen LogP contribution in [0, 0.1) is 0 Å². The van der Waals surface area contributed by atoms with Crippen LogP contribution in [0.3, 0.4) is 0 Å². The topological polar surface area (TPSA) is 26.0 Å². The number of hydrogen-bond acceptors (Lipinski definition) is 1. The SMILES string of the molecule is NC1(c2ccccc2)CC=CC1. The first-order chi connectivity index (χ1) is 5.81. The molecule has 62 valence electrons. The molecule has 0 aliphatic heterocycles. The first-order valence-corrected chi connectivity index (χ1v) is 4.31. The molecular weight excluding hydrogens is 146 g/mol. The highest BCUT2D eigenvalue weighted by atomic mass is 14.7. The van der Waals surface area contributed by atoms with E-state index in [4.69, 9.17) is 5.73 Å². The summed E-state index contributed by atoms with van der Waals surface area (Å²) in [6.45, 7) is 0. The third-order valence-electron chi connectivity index (χ3n) is 2.48. The van der Waals surface area contributed by atoms with E-state index < -0.39 is 0 Å². The lowest BCUT2D eigenvalue weighted by atomic mass is 9.89. The fraction of sp³-hybridized carbons (Fsp3) is 0.273. The molecule has 0 saturated carbocycles. The summed E-state index contributed by atoms with van der Waals surface area (Å²) in [7, 11) is 0. The average molecular weight is 159 g/mol. The van der Waals surface area contributed by atoms with Crippen LogP contribution in [0.4, 0.5) is 0 Å². The molecule has 2 rings (SSSR count). The minimum atomic E-state index is -0.124. The van der Waals surface area contributed by atoms with Gasteiger partial charge in [-0.05, 0) is 18.4 Å². The molecule has 2 N–H and O–H groups in total. The summed E-state index contributed by atoms with van der Waals surface area (Å²) in [6, 6.07) is 10.3. The maximum absolute atomic E-state index is 6.22. The van der Waals surface area contributed by atoms with Gasteiger partial charge in [-0.3, -0.25) is 0 Å². The summed E-state index contributed by atoms with van der Waals surface area (Å²) >= 11 is 0. The zero-order valence-corrected chi connectivity index (χ0v) is 7.03. The van der Waals surface area contributed by atoms with Gasteiger partial charge in [0.2, 0.25) is 0 Å². The van der Waals surface area contributed by atoms with E-state index in [1.165, 1.54) is 5.56 Å². The Bertz CT molecular complexity index is 279. The molecule has 12 heavy (non-hydrogen) atoms. The second-order valence-corrected chi connectivity index (χ2v) is 3.40. The Hall–Kier alpha value is -1.08. The van der Waals surface area contributed by atoms with E-state index in [9.17, 15) is 0 Å². The van der Waals surface area contributed by atoms with Crippen molar-refractivity contribution < 1.29 is 0 Å². The van der Waals surface area contributed by atoms with Gasteiger partial charge in [0, 0.05) is 5.54 Å². The molecule has 0 radical (unpaired) electrons. The van der Waals surface area contributed by atoms with Crippen LogP contribution in [0.25, 0.3) is 0 Å². The number of hydrogen-bond donors (Lipinski definition) is 1. The molecule has 0 heterocycles. The smallest absolute Gasteiger partial charge is 0.0479 e. The van der Waals surface area contributed by atoms with Crippen LogP contribution in [-0.2, 0) is 5.54 Å². The van der Waals surface area contributed by atoms with Crippen molar-refractivity contribution in [2.75, 3.05) is 0 Å². The largest absolute Gasteiger partial charge is 0.321 e. The van der Waals surface area contributed by atoms with Crippen molar-refractivity contribution in [3.8, 4) is 0 Å². The van der Waals surface area contributed by atoms with E-state index in [2.05, 4.69) is 24.3 Å². The van der Waals surface area contributed by atoms with Crippen LogP contribution in [0.15, 0.2) is 42.5 Å². The van der Waals surface area contributed by atoms with Gasteiger partial charge in [-0.25, -0.2) is 0 Å². The van der Waals surface area contributed by atoms with Gasteiger partial charge in [-0.15, -0.1) is 0 Å². The second kappa shape index (κ2) is 2.76. The molecule has 0 aromatic heterocycles. The van der Waals surface area contributed by atoms with Gasteiger partial charge >= 0.3 is 0 Å². The molecule has 0 atom stereocenters. The third kappa shape index (κ3) is 1.16. The van der Waals surface area contributed by atoms with Crippen molar-refractivity contribution in [3.05, 3.63) is 48.0 Å². The van der Waals surface area contributed by atoms with E-state index in [0.717, 1.165) is 12.8 Å². The van der Waals surface area contributed by atoms with Gasteiger partial charge < -0.3 is 5.73 Å². The Kier molecular flexibility index (Phi) is 1.74. The number of rotatable bonds is 1. The zero-order chi connectivity index (χ0) is 8.44. The predicted molar refractivity (Wildman–Crippen MR) is 50.7 cm³/mol. The van der Waals surface area contributed by atoms with Gasteiger partial charge in [0.25, 0.3) is 0 Å². The Morgan fingerprint density at radius 3 is 2.17 bits per heavy atom. The van der Waals surface area contributed by atoms with Gasteiger partial charge in [0.05, 0.1) is 0 Å². The van der Waals surface area contributed by atoms with E-state index in [0.29, 0.717) is 0 Å². The molecule has 1 aliphatic carbocycles. The fourth-order valence-corrected chi connectivity index (χ4v) is 1.68. The molecule has 0 bridgehead atoms. The Morgan fingerprint density at radius 1 is 1.00 bits per heavy atom. The third-order valence-corrected chi connectivity index (χ3v) is 2.48. The molecule has 1 nitrogen and oxygen atoms in total. The maximum Gasteiger partial charge on any atom is 0.0479 e. The lowest BCUT2D eigenvalue weighted by Crippen LogP contribution is -2.33. The highest BCUT2D eigenvalue weighted by Crippen LogP contribution is 2.31. The van der Waals surface area contributed by atoms with Crippen molar-refractivity contribution in [2.45, 2.75) is 18.4 Å². The summed E-state index contributed by atoms with van der Waals surface area (Å²) in [5.41, 5.74) is 7.34. The van der Waals surface area contributed by atoms with Gasteiger partial charge in [-0.2, -0.15) is 0 Å². The van der Waals surface area contributed by atoms with Gasteiger partial charge in [0.15, 0.2) is 0 Å². The molecule has 1 aliphatic rings. The molecule has 1 aromatic carbocycles. The van der Waals surface area contributed by atoms with Crippen molar-refractivity contribution in [3.63, 3.8) is 0 Å². The Balaban J connectivity index is 2.31. The predicted octanol–water partition coefficient (Wildman–Crippen LogP) is 2.19. The Morgan fingerprint density at radius 2 is 1.58 bits per heavy atom. The zero-order valence-electron chi connectivity index (χ0n) is 7.03. The Labute approximate surface area is 72.9 Å². The van der Waals surface area contributed by atoms with E-state index >= 15 is 0 Å². The molecule has 1 heteroatoms. The van der Waals surface area contributed by atoms with Crippen molar-refractivity contribution in [2.24, 2.45) is 5.73 Å². The highest BCUT2D eigenvalue weighted by molar-refractivity contribution is 5.28. The quantitative estimate of drug-likeness (QED) is 0.624. The summed E-state index contributed by atoms with van der Waals surface area (Å²) in [4.78, 5) is 0. The molecule has 0 saturated heterocycles. The normalized spacial score (nSPS) is 19.8. The minimum absolute atomic E-state index is 0.124. The van der Waals surface area contributed by atoms with Gasteiger partial charge in [0.1, 0.15) is 0 Å². The van der Waals surface area contributed by atoms with Crippen LogP contribution in [0.5, 0.6) is 0 Å². The first kappa shape index (κ1) is 7.56. The summed E-state index contributed by atoms with van der Waals surface area (Å²) in [5.74, 6) is 0. The number of benzene rings is 1. The van der Waals surface area contributed by atoms with E-state index in [-0.39, 0.29) is 5.54 Å². The lowest BCUT2D eigenvalue weighted by Gasteiger charge is -2.23. The van der Waals surface area contributed by atoms with Crippen LogP contribution in [-0.4, -0.2) is 0 Å². The fourth-order valence-electron chi connectivity index (χ4n) is 1.68. The molecule has 0 amide bonds. The van der Waals surface area contributed by atoms with Crippen molar-refractivity contribution in [1.82, 2.24) is 0 Å². The molecular formula is C11H13N. The van der Waals surface area contributed by atoms with Crippen LogP contribution < -0.4 is 5.73 Å². The molecule has 0 unspecified atom stereocenters. The van der Waals surface area contributed by atoms with Crippen molar-refractivity contribution >= 4 is 0 Å². The molecule has 0 fully saturated rings. The van der Waals surface area contributed by atoms with E-state index in [1.54, 1.807) is 0 Å². The molecule has 0 spiro atoms. The lowest BCUT2D eigenvalue weighted by molar-refractivity contribution is 0.480. The monoisotopic (exact) mass is 159 g/mol. The highest BCUT2D eigenvalue weighted by Gasteiger charge is 2.27. The second-order valence-electron chi connectivity index (χ2n) is 3.40. The van der Waals surface area contributed by atoms with Crippen molar-refractivity contribution in [1.29, 1.82) is 0 Å². The minimum Gasteiger partial charge on any atom is -0.321 e. The molecule has 1 aromatic rings. The average Bonchev–Trinajstić information content (AvgIpc) is 2.55. The van der Waals surface area contributed by atoms with Crippen LogP contribution in [0.1, 0.15) is 18.4 Å². The summed E-state index contributed by atoms with van der Waals surface area (Å²) in [5, 5.41) is 0. The van der Waals surface area contributed by atoms with Crippen LogP contribution in [0.2, 0.25) is 0 Å². The van der Waals surface area contributed by atoms with Crippen LogP contribution >= 0.6 is 0 Å².